The molecule has 0 spiro atoms. The zero-order valence-corrected chi connectivity index (χ0v) is 15.4. The number of anilines is 2. The third-order valence-electron chi connectivity index (χ3n) is 3.37. The summed E-state index contributed by atoms with van der Waals surface area (Å²) in [5.41, 5.74) is 0.176. The second kappa shape index (κ2) is 6.70. The van der Waals surface area contributed by atoms with Gasteiger partial charge in [-0.25, -0.2) is 9.78 Å². The molecule has 0 saturated carbocycles. The van der Waals surface area contributed by atoms with Gasteiger partial charge in [-0.3, -0.25) is 5.32 Å². The average molecular weight is 370 g/mol. The lowest BCUT2D eigenvalue weighted by molar-refractivity contribution is 0.0636. The number of amides is 1. The number of hydrogen-bond donors (Lipinski definition) is 2. The quantitative estimate of drug-likeness (QED) is 0.792. The SMILES string of the molecule is CC(C)(C)OC(=O)Nc1cc2nc(Cl)nc(N3CCNCC3)c2s1. The Bertz CT molecular complexity index is 752. The van der Waals surface area contributed by atoms with E-state index in [1.807, 2.05) is 20.8 Å². The van der Waals surface area contributed by atoms with Gasteiger partial charge in [0.15, 0.2) is 5.82 Å². The molecule has 2 aromatic heterocycles. The molecule has 1 aliphatic rings. The van der Waals surface area contributed by atoms with E-state index in [1.165, 1.54) is 11.3 Å². The Morgan fingerprint density at radius 3 is 2.75 bits per heavy atom. The van der Waals surface area contributed by atoms with Gasteiger partial charge in [0.1, 0.15) is 10.6 Å². The first-order valence-electron chi connectivity index (χ1n) is 7.74. The van der Waals surface area contributed by atoms with Crippen LogP contribution in [-0.2, 0) is 4.74 Å². The summed E-state index contributed by atoms with van der Waals surface area (Å²) in [7, 11) is 0. The number of nitrogens with zero attached hydrogens (tertiary/aromatic N) is 3. The fourth-order valence-electron chi connectivity index (χ4n) is 2.44. The Kier molecular flexibility index (Phi) is 4.80. The van der Waals surface area contributed by atoms with Crippen molar-refractivity contribution < 1.29 is 9.53 Å². The highest BCUT2D eigenvalue weighted by atomic mass is 35.5. The molecule has 3 rings (SSSR count). The van der Waals surface area contributed by atoms with Gasteiger partial charge in [0.25, 0.3) is 0 Å². The summed E-state index contributed by atoms with van der Waals surface area (Å²) < 4.78 is 6.19. The van der Waals surface area contributed by atoms with Crippen molar-refractivity contribution in [2.45, 2.75) is 26.4 Å². The third kappa shape index (κ3) is 4.06. The van der Waals surface area contributed by atoms with Crippen LogP contribution in [0.4, 0.5) is 15.6 Å². The fourth-order valence-corrected chi connectivity index (χ4v) is 3.62. The number of carbonyl (C=O) groups is 1. The number of carbonyl (C=O) groups excluding carboxylic acids is 1. The summed E-state index contributed by atoms with van der Waals surface area (Å²) in [4.78, 5) is 22.8. The van der Waals surface area contributed by atoms with Crippen molar-refractivity contribution in [3.8, 4) is 0 Å². The van der Waals surface area contributed by atoms with Gasteiger partial charge in [-0.2, -0.15) is 4.98 Å². The number of hydrogen-bond acceptors (Lipinski definition) is 7. The highest BCUT2D eigenvalue weighted by molar-refractivity contribution is 7.23. The Hall–Kier alpha value is -1.64. The van der Waals surface area contributed by atoms with E-state index < -0.39 is 11.7 Å². The first kappa shape index (κ1) is 17.2. The molecule has 24 heavy (non-hydrogen) atoms. The van der Waals surface area contributed by atoms with Gasteiger partial charge in [0, 0.05) is 26.2 Å². The average Bonchev–Trinajstić information content (AvgIpc) is 2.87. The van der Waals surface area contributed by atoms with Crippen LogP contribution in [-0.4, -0.2) is 47.8 Å². The summed E-state index contributed by atoms with van der Waals surface area (Å²) in [6.07, 6.45) is -0.489. The highest BCUT2D eigenvalue weighted by Crippen LogP contribution is 2.36. The van der Waals surface area contributed by atoms with Gasteiger partial charge in [-0.15, -0.1) is 11.3 Å². The van der Waals surface area contributed by atoms with E-state index in [0.29, 0.717) is 5.00 Å². The van der Waals surface area contributed by atoms with E-state index in [2.05, 4.69) is 25.5 Å². The van der Waals surface area contributed by atoms with E-state index in [9.17, 15) is 4.79 Å². The predicted octanol–water partition coefficient (Wildman–Crippen LogP) is 3.10. The van der Waals surface area contributed by atoms with Crippen LogP contribution in [0, 0.1) is 0 Å². The predicted molar refractivity (Wildman–Crippen MR) is 97.4 cm³/mol. The number of aromatic nitrogens is 2. The van der Waals surface area contributed by atoms with Gasteiger partial charge in [0.2, 0.25) is 5.28 Å². The molecule has 0 radical (unpaired) electrons. The van der Waals surface area contributed by atoms with Crippen LogP contribution in [0.2, 0.25) is 5.28 Å². The Balaban J connectivity index is 1.88. The van der Waals surface area contributed by atoms with Crippen molar-refractivity contribution in [1.29, 1.82) is 0 Å². The number of halogens is 1. The fraction of sp³-hybridized carbons (Fsp3) is 0.533. The molecule has 7 nitrogen and oxygen atoms in total. The Labute approximate surface area is 149 Å². The summed E-state index contributed by atoms with van der Waals surface area (Å²) >= 11 is 7.50. The number of rotatable bonds is 2. The summed E-state index contributed by atoms with van der Waals surface area (Å²) in [5.74, 6) is 0.814. The largest absolute Gasteiger partial charge is 0.444 e. The summed E-state index contributed by atoms with van der Waals surface area (Å²) in [6, 6.07) is 1.79. The smallest absolute Gasteiger partial charge is 0.412 e. The first-order chi connectivity index (χ1) is 11.3. The zero-order chi connectivity index (χ0) is 17.3. The van der Waals surface area contributed by atoms with Crippen molar-refractivity contribution >= 4 is 50.1 Å². The molecule has 1 fully saturated rings. The number of thiophene rings is 1. The molecule has 1 amide bonds. The minimum Gasteiger partial charge on any atom is -0.444 e. The minimum atomic E-state index is -0.546. The van der Waals surface area contributed by atoms with Crippen molar-refractivity contribution in [3.05, 3.63) is 11.3 Å². The molecule has 2 N–H and O–H groups in total. The number of nitrogens with one attached hydrogen (secondary N) is 2. The maximum Gasteiger partial charge on any atom is 0.412 e. The number of ether oxygens (including phenoxy) is 1. The molecular formula is C15H20ClN5O2S. The second-order valence-corrected chi connectivity index (χ2v) is 7.90. The normalized spacial score (nSPS) is 15.6. The van der Waals surface area contributed by atoms with Crippen LogP contribution in [0.5, 0.6) is 0 Å². The summed E-state index contributed by atoms with van der Waals surface area (Å²) in [5, 5.41) is 6.93. The van der Waals surface area contributed by atoms with E-state index in [4.69, 9.17) is 16.3 Å². The summed E-state index contributed by atoms with van der Waals surface area (Å²) in [6.45, 7) is 8.99. The van der Waals surface area contributed by atoms with Crippen molar-refractivity contribution in [2.24, 2.45) is 0 Å². The molecule has 0 unspecified atom stereocenters. The molecule has 2 aromatic rings. The monoisotopic (exact) mass is 369 g/mol. The molecule has 9 heteroatoms. The van der Waals surface area contributed by atoms with Crippen LogP contribution < -0.4 is 15.5 Å². The van der Waals surface area contributed by atoms with Gasteiger partial charge in [-0.1, -0.05) is 0 Å². The Morgan fingerprint density at radius 1 is 1.38 bits per heavy atom. The van der Waals surface area contributed by atoms with Crippen LogP contribution in [0.1, 0.15) is 20.8 Å². The highest BCUT2D eigenvalue weighted by Gasteiger charge is 2.21. The van der Waals surface area contributed by atoms with Gasteiger partial charge in [0.05, 0.1) is 10.2 Å². The van der Waals surface area contributed by atoms with Crippen molar-refractivity contribution in [2.75, 3.05) is 36.4 Å². The van der Waals surface area contributed by atoms with Crippen LogP contribution in [0.15, 0.2) is 6.07 Å². The Morgan fingerprint density at radius 2 is 2.08 bits per heavy atom. The molecule has 130 valence electrons. The maximum absolute atomic E-state index is 12.0. The molecule has 1 aliphatic heterocycles. The lowest BCUT2D eigenvalue weighted by Gasteiger charge is -2.28. The minimum absolute atomic E-state index is 0.206. The van der Waals surface area contributed by atoms with E-state index in [1.54, 1.807) is 6.07 Å². The molecule has 1 saturated heterocycles. The van der Waals surface area contributed by atoms with Crippen LogP contribution in [0.3, 0.4) is 0 Å². The molecule has 0 aromatic carbocycles. The third-order valence-corrected chi connectivity index (χ3v) is 4.57. The van der Waals surface area contributed by atoms with Crippen LogP contribution in [0.25, 0.3) is 10.2 Å². The van der Waals surface area contributed by atoms with Crippen molar-refractivity contribution in [3.63, 3.8) is 0 Å². The van der Waals surface area contributed by atoms with E-state index in [-0.39, 0.29) is 5.28 Å². The second-order valence-electron chi connectivity index (χ2n) is 6.51. The molecule has 3 heterocycles. The standard InChI is InChI=1S/C15H20ClN5O2S/c1-15(2,3)23-14(22)19-10-8-9-11(24-10)12(20-13(16)18-9)21-6-4-17-5-7-21/h8,17H,4-7H2,1-3H3,(H,19,22). The topological polar surface area (TPSA) is 79.4 Å². The number of fused-ring (bicyclic) bond motifs is 1. The van der Waals surface area contributed by atoms with E-state index in [0.717, 1.165) is 42.2 Å². The lowest BCUT2D eigenvalue weighted by Crippen LogP contribution is -2.44. The van der Waals surface area contributed by atoms with Gasteiger partial charge < -0.3 is 15.0 Å². The van der Waals surface area contributed by atoms with Gasteiger partial charge in [-0.05, 0) is 38.4 Å². The molecule has 0 aliphatic carbocycles. The van der Waals surface area contributed by atoms with E-state index >= 15 is 0 Å². The van der Waals surface area contributed by atoms with Crippen molar-refractivity contribution in [1.82, 2.24) is 15.3 Å². The molecular weight excluding hydrogens is 350 g/mol. The molecule has 0 bridgehead atoms. The zero-order valence-electron chi connectivity index (χ0n) is 13.9. The lowest BCUT2D eigenvalue weighted by atomic mass is 10.2. The number of piperazine rings is 1. The molecule has 0 atom stereocenters. The first-order valence-corrected chi connectivity index (χ1v) is 8.94. The van der Waals surface area contributed by atoms with Gasteiger partial charge >= 0.3 is 6.09 Å². The maximum atomic E-state index is 12.0. The van der Waals surface area contributed by atoms with Crippen LogP contribution >= 0.6 is 22.9 Å².